The van der Waals surface area contributed by atoms with Crippen LogP contribution in [0.4, 0.5) is 11.9 Å². The third-order valence-corrected chi connectivity index (χ3v) is 8.17. The van der Waals surface area contributed by atoms with Crippen LogP contribution < -0.4 is 22.1 Å². The molecule has 4 heterocycles. The fraction of sp³-hybridized carbons (Fsp3) is 0.333. The van der Waals surface area contributed by atoms with Crippen molar-refractivity contribution in [1.29, 1.82) is 0 Å². The van der Waals surface area contributed by atoms with E-state index in [4.69, 9.17) is 16.5 Å². The first-order valence-electron chi connectivity index (χ1n) is 12.0. The molecule has 0 saturated carbocycles. The van der Waals surface area contributed by atoms with Crippen LogP contribution in [0.15, 0.2) is 39.7 Å². The van der Waals surface area contributed by atoms with Crippen molar-refractivity contribution in [2.24, 2.45) is 25.9 Å². The number of fused-ring (bicyclic) bond motifs is 1. The SMILES string of the molecule is Cn1c([C@H]2c3nc(N)n(C)c3C[C@H](CNC(=O)c3cc(Br)c[nH]3)[C@H]2CNC(=O)c2cc(Br)c[nH]2)cnc1N. The highest BCUT2D eigenvalue weighted by atomic mass is 79.9. The Bertz CT molecular complexity index is 1500. The number of nitrogens with one attached hydrogen (secondary N) is 4. The van der Waals surface area contributed by atoms with Crippen molar-refractivity contribution < 1.29 is 9.59 Å². The van der Waals surface area contributed by atoms with E-state index in [0.717, 1.165) is 26.0 Å². The maximum absolute atomic E-state index is 13.0. The van der Waals surface area contributed by atoms with E-state index in [2.05, 4.69) is 57.4 Å². The molecule has 0 aliphatic heterocycles. The first-order chi connectivity index (χ1) is 18.1. The van der Waals surface area contributed by atoms with Gasteiger partial charge in [0.1, 0.15) is 11.4 Å². The molecule has 0 radical (unpaired) electrons. The summed E-state index contributed by atoms with van der Waals surface area (Å²) in [5.41, 5.74) is 15.9. The first kappa shape index (κ1) is 26.1. The number of H-pyrrole nitrogens is 2. The monoisotopic (exact) mass is 646 g/mol. The number of amides is 2. The molecule has 38 heavy (non-hydrogen) atoms. The summed E-state index contributed by atoms with van der Waals surface area (Å²) in [5.74, 6) is -0.154. The Morgan fingerprint density at radius 1 is 1.00 bits per heavy atom. The van der Waals surface area contributed by atoms with Crippen LogP contribution in [-0.4, -0.2) is 54.0 Å². The third-order valence-electron chi connectivity index (χ3n) is 7.25. The Labute approximate surface area is 235 Å². The second-order valence-corrected chi connectivity index (χ2v) is 11.3. The molecule has 12 nitrogen and oxygen atoms in total. The van der Waals surface area contributed by atoms with Gasteiger partial charge in [0.05, 0.1) is 11.9 Å². The summed E-state index contributed by atoms with van der Waals surface area (Å²) < 4.78 is 5.28. The lowest BCUT2D eigenvalue weighted by atomic mass is 9.70. The van der Waals surface area contributed by atoms with Gasteiger partial charge in [-0.25, -0.2) is 9.97 Å². The summed E-state index contributed by atoms with van der Waals surface area (Å²) in [6.45, 7) is 0.703. The van der Waals surface area contributed by atoms with Crippen LogP contribution in [0.25, 0.3) is 0 Å². The quantitative estimate of drug-likeness (QED) is 0.179. The molecular formula is C24H28Br2N10O2. The van der Waals surface area contributed by atoms with Crippen molar-refractivity contribution in [2.75, 3.05) is 24.6 Å². The number of anilines is 2. The van der Waals surface area contributed by atoms with E-state index in [1.54, 1.807) is 30.7 Å². The Morgan fingerprint density at radius 2 is 1.61 bits per heavy atom. The zero-order valence-electron chi connectivity index (χ0n) is 20.8. The summed E-state index contributed by atoms with van der Waals surface area (Å²) in [4.78, 5) is 40.8. The van der Waals surface area contributed by atoms with E-state index < -0.39 is 0 Å². The number of halogens is 2. The Balaban J connectivity index is 1.49. The number of carbonyl (C=O) groups is 2. The Kier molecular flexibility index (Phi) is 7.09. The van der Waals surface area contributed by atoms with Gasteiger partial charge in [-0.2, -0.15) is 0 Å². The molecule has 0 unspecified atom stereocenters. The van der Waals surface area contributed by atoms with E-state index >= 15 is 0 Å². The summed E-state index contributed by atoms with van der Waals surface area (Å²) in [6, 6.07) is 3.45. The van der Waals surface area contributed by atoms with Gasteiger partial charge in [0.2, 0.25) is 0 Å². The first-order valence-corrected chi connectivity index (χ1v) is 13.5. The van der Waals surface area contributed by atoms with Crippen molar-refractivity contribution in [3.8, 4) is 0 Å². The molecule has 14 heteroatoms. The molecule has 200 valence electrons. The van der Waals surface area contributed by atoms with Gasteiger partial charge in [-0.05, 0) is 62.2 Å². The fourth-order valence-corrected chi connectivity index (χ4v) is 5.84. The van der Waals surface area contributed by atoms with E-state index in [1.807, 2.05) is 23.2 Å². The van der Waals surface area contributed by atoms with Gasteiger partial charge in [0.15, 0.2) is 11.9 Å². The standard InChI is InChI=1S/C24H28Br2N10O2/c1-35-17-3-11(6-31-21(37)15-4-12(25)7-29-15)14(9-32-22(38)16-5-13(26)8-30-16)19(20(17)34-24(35)28)18-10-33-23(27)36(18)2/h4-5,7-8,10-11,14,19,29-30H,3,6,9H2,1-2H3,(H2,27,33)(H2,28,34)(H,31,37)(H,32,38)/t11-,14-,19+/m1/s1. The molecule has 0 spiro atoms. The molecule has 4 aromatic heterocycles. The number of imidazole rings is 2. The van der Waals surface area contributed by atoms with Crippen molar-refractivity contribution in [3.05, 3.63) is 68.1 Å². The number of nitrogens with two attached hydrogens (primary N) is 2. The van der Waals surface area contributed by atoms with Crippen LogP contribution in [0, 0.1) is 11.8 Å². The molecule has 5 rings (SSSR count). The smallest absolute Gasteiger partial charge is 0.267 e. The molecule has 1 aliphatic carbocycles. The molecule has 0 saturated heterocycles. The largest absolute Gasteiger partial charge is 0.369 e. The number of carbonyl (C=O) groups excluding carboxylic acids is 2. The number of hydrogen-bond donors (Lipinski definition) is 6. The zero-order chi connectivity index (χ0) is 27.1. The zero-order valence-corrected chi connectivity index (χ0v) is 23.9. The molecule has 8 N–H and O–H groups in total. The minimum atomic E-state index is -0.269. The van der Waals surface area contributed by atoms with Crippen LogP contribution in [0.1, 0.15) is 44.0 Å². The maximum Gasteiger partial charge on any atom is 0.267 e. The van der Waals surface area contributed by atoms with E-state index in [-0.39, 0.29) is 29.6 Å². The van der Waals surface area contributed by atoms with Gasteiger partial charge < -0.3 is 41.2 Å². The highest BCUT2D eigenvalue weighted by molar-refractivity contribution is 9.10. The molecule has 0 bridgehead atoms. The van der Waals surface area contributed by atoms with Crippen LogP contribution in [0.5, 0.6) is 0 Å². The van der Waals surface area contributed by atoms with Gasteiger partial charge in [-0.1, -0.05) is 0 Å². The minimum absolute atomic E-state index is 0.0588. The molecule has 4 aromatic rings. The minimum Gasteiger partial charge on any atom is -0.369 e. The van der Waals surface area contributed by atoms with E-state index in [1.165, 1.54) is 0 Å². The van der Waals surface area contributed by atoms with Gasteiger partial charge in [-0.3, -0.25) is 9.59 Å². The summed E-state index contributed by atoms with van der Waals surface area (Å²) in [6.07, 6.45) is 5.77. The van der Waals surface area contributed by atoms with Crippen LogP contribution >= 0.6 is 31.9 Å². The highest BCUT2D eigenvalue weighted by Gasteiger charge is 2.42. The average Bonchev–Trinajstić information content (AvgIpc) is 3.66. The molecule has 2 amide bonds. The van der Waals surface area contributed by atoms with Crippen molar-refractivity contribution in [1.82, 2.24) is 39.7 Å². The summed E-state index contributed by atoms with van der Waals surface area (Å²) in [7, 11) is 3.73. The highest BCUT2D eigenvalue weighted by Crippen LogP contribution is 2.44. The maximum atomic E-state index is 13.0. The fourth-order valence-electron chi connectivity index (χ4n) is 5.16. The van der Waals surface area contributed by atoms with Crippen LogP contribution in [-0.2, 0) is 20.5 Å². The number of hydrogen-bond acceptors (Lipinski definition) is 6. The average molecular weight is 648 g/mol. The van der Waals surface area contributed by atoms with Gasteiger partial charge >= 0.3 is 0 Å². The number of rotatable bonds is 7. The number of aromatic nitrogens is 6. The predicted molar refractivity (Wildman–Crippen MR) is 149 cm³/mol. The molecular weight excluding hydrogens is 620 g/mol. The second kappa shape index (κ2) is 10.3. The third kappa shape index (κ3) is 4.85. The normalized spacial score (nSPS) is 18.8. The topological polar surface area (TPSA) is 177 Å². The number of nitrogen functional groups attached to an aromatic ring is 2. The van der Waals surface area contributed by atoms with Gasteiger partial charge in [0, 0.05) is 65.8 Å². The summed E-state index contributed by atoms with van der Waals surface area (Å²) >= 11 is 6.74. The number of nitrogens with zero attached hydrogens (tertiary/aromatic N) is 4. The predicted octanol–water partition coefficient (Wildman–Crippen LogP) is 2.28. The second-order valence-electron chi connectivity index (χ2n) is 9.45. The van der Waals surface area contributed by atoms with Gasteiger partial charge in [0.25, 0.3) is 11.8 Å². The van der Waals surface area contributed by atoms with E-state index in [0.29, 0.717) is 42.8 Å². The molecule has 1 aliphatic rings. The number of aromatic amines is 2. The van der Waals surface area contributed by atoms with Crippen molar-refractivity contribution in [2.45, 2.75) is 12.3 Å². The lowest BCUT2D eigenvalue weighted by Crippen LogP contribution is -2.45. The van der Waals surface area contributed by atoms with Crippen molar-refractivity contribution >= 4 is 55.6 Å². The van der Waals surface area contributed by atoms with E-state index in [9.17, 15) is 9.59 Å². The molecule has 3 atom stereocenters. The van der Waals surface area contributed by atoms with Crippen LogP contribution in [0.3, 0.4) is 0 Å². The van der Waals surface area contributed by atoms with Crippen molar-refractivity contribution in [3.63, 3.8) is 0 Å². The Hall–Kier alpha value is -3.52. The molecule has 0 fully saturated rings. The lowest BCUT2D eigenvalue weighted by Gasteiger charge is -2.38. The van der Waals surface area contributed by atoms with Gasteiger partial charge in [-0.15, -0.1) is 0 Å². The lowest BCUT2D eigenvalue weighted by molar-refractivity contribution is 0.0906. The Morgan fingerprint density at radius 3 is 2.13 bits per heavy atom. The van der Waals surface area contributed by atoms with Crippen LogP contribution in [0.2, 0.25) is 0 Å². The molecule has 0 aromatic carbocycles. The summed E-state index contributed by atoms with van der Waals surface area (Å²) in [5, 5.41) is 6.13.